The van der Waals surface area contributed by atoms with Gasteiger partial charge in [0.1, 0.15) is 0 Å². The van der Waals surface area contributed by atoms with Crippen LogP contribution in [-0.2, 0) is 0 Å². The molecule has 42 heavy (non-hydrogen) atoms. The smallest absolute Gasteiger partial charge is 0.273 e. The molecule has 0 unspecified atom stereocenters. The molecule has 0 bridgehead atoms. The van der Waals surface area contributed by atoms with E-state index in [2.05, 4.69) is 20.2 Å². The van der Waals surface area contributed by atoms with E-state index in [0.29, 0.717) is 34.2 Å². The first-order valence-electron chi connectivity index (χ1n) is 12.3. The van der Waals surface area contributed by atoms with Gasteiger partial charge in [-0.1, -0.05) is 12.1 Å². The third kappa shape index (κ3) is 5.91. The zero-order valence-corrected chi connectivity index (χ0v) is 21.5. The molecule has 2 N–H and O–H groups in total. The van der Waals surface area contributed by atoms with E-state index in [1.54, 1.807) is 73.1 Å². The van der Waals surface area contributed by atoms with Crippen molar-refractivity contribution in [2.24, 2.45) is 0 Å². The minimum atomic E-state index is -0.467. The molecule has 6 aromatic rings. The van der Waals surface area contributed by atoms with Crippen LogP contribution in [0.25, 0.3) is 34.2 Å². The van der Waals surface area contributed by atoms with Gasteiger partial charge >= 0.3 is 0 Å². The molecule has 14 heteroatoms. The summed E-state index contributed by atoms with van der Waals surface area (Å²) in [5.41, 5.74) is 2.03. The van der Waals surface area contributed by atoms with E-state index in [1.807, 2.05) is 0 Å². The van der Waals surface area contributed by atoms with Gasteiger partial charge in [0.2, 0.25) is 0 Å². The molecule has 6 rings (SSSR count). The number of nitro benzene ring substituents is 2. The van der Waals surface area contributed by atoms with Gasteiger partial charge in [-0.3, -0.25) is 40.0 Å². The molecular weight excluding hydrogens is 544 g/mol. The van der Waals surface area contributed by atoms with Gasteiger partial charge < -0.3 is 0 Å². The second kappa shape index (κ2) is 11.7. The zero-order chi connectivity index (χ0) is 29.6. The van der Waals surface area contributed by atoms with E-state index in [9.17, 15) is 29.8 Å². The van der Waals surface area contributed by atoms with Crippen molar-refractivity contribution in [3.05, 3.63) is 150 Å². The molecule has 0 aliphatic rings. The number of hydrogen-bond donors (Lipinski definition) is 2. The summed E-state index contributed by atoms with van der Waals surface area (Å²) in [6.07, 6.45) is 3.18. The summed E-state index contributed by atoms with van der Waals surface area (Å²) >= 11 is 0. The quantitative estimate of drug-likeness (QED) is 0.221. The molecule has 4 heterocycles. The molecule has 2 aromatic carbocycles. The molecule has 14 nitrogen and oxygen atoms in total. The fourth-order valence-corrected chi connectivity index (χ4v) is 3.93. The van der Waals surface area contributed by atoms with Crippen LogP contribution in [0.3, 0.4) is 0 Å². The fourth-order valence-electron chi connectivity index (χ4n) is 3.93. The number of nitro groups is 2. The number of non-ortho nitro benzene ring substituents is 2. The number of nitrogens with zero attached hydrogens (tertiary/aromatic N) is 6. The van der Waals surface area contributed by atoms with Gasteiger partial charge in [0.05, 0.1) is 21.2 Å². The van der Waals surface area contributed by atoms with Crippen molar-refractivity contribution in [2.45, 2.75) is 0 Å². The Balaban J connectivity index is 0.000000168. The van der Waals surface area contributed by atoms with Crippen molar-refractivity contribution in [3.8, 4) is 34.2 Å². The van der Waals surface area contributed by atoms with E-state index in [-0.39, 0.29) is 22.5 Å². The molecule has 0 fully saturated rings. The van der Waals surface area contributed by atoms with Crippen LogP contribution in [0.5, 0.6) is 0 Å². The summed E-state index contributed by atoms with van der Waals surface area (Å²) in [6.45, 7) is 0. The highest BCUT2D eigenvalue weighted by atomic mass is 16.6. The average molecular weight is 565 g/mol. The van der Waals surface area contributed by atoms with Crippen molar-refractivity contribution in [3.63, 3.8) is 0 Å². The Morgan fingerprint density at radius 3 is 1.26 bits per heavy atom. The number of hydrogen-bond acceptors (Lipinski definition) is 8. The summed E-state index contributed by atoms with van der Waals surface area (Å²) in [6, 6.07) is 25.3. The van der Waals surface area contributed by atoms with Gasteiger partial charge in [-0.2, -0.15) is 0 Å². The molecule has 0 aliphatic heterocycles. The summed E-state index contributed by atoms with van der Waals surface area (Å²) in [7, 11) is 0. The van der Waals surface area contributed by atoms with Crippen molar-refractivity contribution in [1.82, 2.24) is 29.5 Å². The molecule has 4 aromatic heterocycles. The lowest BCUT2D eigenvalue weighted by Gasteiger charge is -2.00. The van der Waals surface area contributed by atoms with Crippen LogP contribution >= 0.6 is 0 Å². The highest BCUT2D eigenvalue weighted by molar-refractivity contribution is 5.61. The van der Waals surface area contributed by atoms with Crippen LogP contribution in [0.15, 0.2) is 119 Å². The summed E-state index contributed by atoms with van der Waals surface area (Å²) in [4.78, 5) is 52.5. The van der Waals surface area contributed by atoms with Crippen LogP contribution in [0, 0.1) is 20.2 Å². The second-order valence-corrected chi connectivity index (χ2v) is 8.67. The highest BCUT2D eigenvalue weighted by Crippen LogP contribution is 2.21. The van der Waals surface area contributed by atoms with Crippen LogP contribution < -0.4 is 11.1 Å². The Morgan fingerprint density at radius 1 is 0.571 bits per heavy atom. The molecule has 0 saturated carbocycles. The molecule has 0 aliphatic carbocycles. The lowest BCUT2D eigenvalue weighted by Crippen LogP contribution is -2.14. The Labute approximate surface area is 235 Å². The minimum absolute atomic E-state index is 0.00487. The number of H-pyrrole nitrogens is 2. The fraction of sp³-hybridized carbons (Fsp3) is 0. The normalized spacial score (nSPS) is 10.5. The maximum absolute atomic E-state index is 12.0. The predicted molar refractivity (Wildman–Crippen MR) is 153 cm³/mol. The predicted octanol–water partition coefficient (Wildman–Crippen LogP) is 4.27. The molecule has 0 amide bonds. The van der Waals surface area contributed by atoms with E-state index in [0.717, 1.165) is 0 Å². The standard InChI is InChI=1S/2C14H10N4O3/c2*19-14-9-12(10-4-6-11(7-5-10)18(20)21)16-17(14)13-3-1-2-8-15-13/h2*1-9,16H. The van der Waals surface area contributed by atoms with Crippen LogP contribution in [0.2, 0.25) is 0 Å². The van der Waals surface area contributed by atoms with Gasteiger partial charge in [0.25, 0.3) is 22.5 Å². The van der Waals surface area contributed by atoms with Crippen LogP contribution in [-0.4, -0.2) is 39.4 Å². The molecular formula is C28H20N8O6. The first-order chi connectivity index (χ1) is 20.3. The van der Waals surface area contributed by atoms with Crippen molar-refractivity contribution in [1.29, 1.82) is 0 Å². The lowest BCUT2D eigenvalue weighted by molar-refractivity contribution is -0.385. The number of pyridine rings is 2. The molecule has 0 saturated heterocycles. The van der Waals surface area contributed by atoms with Crippen molar-refractivity contribution in [2.75, 3.05) is 0 Å². The number of benzene rings is 2. The Hall–Kier alpha value is -6.44. The minimum Gasteiger partial charge on any atom is -0.289 e. The zero-order valence-electron chi connectivity index (χ0n) is 21.5. The topological polar surface area (TPSA) is 188 Å². The van der Waals surface area contributed by atoms with Crippen LogP contribution in [0.1, 0.15) is 0 Å². The summed E-state index contributed by atoms with van der Waals surface area (Å²) in [5, 5.41) is 27.1. The maximum atomic E-state index is 12.0. The van der Waals surface area contributed by atoms with Gasteiger partial charge in [-0.05, 0) is 48.5 Å². The van der Waals surface area contributed by atoms with Crippen molar-refractivity contribution >= 4 is 11.4 Å². The maximum Gasteiger partial charge on any atom is 0.273 e. The van der Waals surface area contributed by atoms with Gasteiger partial charge in [0, 0.05) is 59.9 Å². The highest BCUT2D eigenvalue weighted by Gasteiger charge is 2.11. The first kappa shape index (κ1) is 27.1. The van der Waals surface area contributed by atoms with Gasteiger partial charge in [0.15, 0.2) is 11.6 Å². The number of aromatic nitrogens is 6. The number of rotatable bonds is 6. The third-order valence-electron chi connectivity index (χ3n) is 5.98. The SMILES string of the molecule is O=c1cc(-c2ccc([N+](=O)[O-])cc2)[nH]n1-c1ccccn1.O=c1cc(-c2ccc([N+](=O)[O-])cc2)[nH]n1-c1ccccn1. The van der Waals surface area contributed by atoms with E-state index in [4.69, 9.17) is 0 Å². The largest absolute Gasteiger partial charge is 0.289 e. The van der Waals surface area contributed by atoms with E-state index >= 15 is 0 Å². The van der Waals surface area contributed by atoms with Gasteiger partial charge in [-0.15, -0.1) is 0 Å². The summed E-state index contributed by atoms with van der Waals surface area (Å²) < 4.78 is 2.63. The van der Waals surface area contributed by atoms with Crippen molar-refractivity contribution < 1.29 is 9.85 Å². The lowest BCUT2D eigenvalue weighted by atomic mass is 10.1. The Morgan fingerprint density at radius 2 is 0.952 bits per heavy atom. The first-order valence-corrected chi connectivity index (χ1v) is 12.3. The second-order valence-electron chi connectivity index (χ2n) is 8.67. The molecule has 0 radical (unpaired) electrons. The monoisotopic (exact) mass is 564 g/mol. The number of aromatic amines is 2. The van der Waals surface area contributed by atoms with Gasteiger partial charge in [-0.25, -0.2) is 19.3 Å². The van der Waals surface area contributed by atoms with E-state index in [1.165, 1.54) is 45.8 Å². The van der Waals surface area contributed by atoms with Crippen LogP contribution in [0.4, 0.5) is 11.4 Å². The molecule has 208 valence electrons. The number of nitrogens with one attached hydrogen (secondary N) is 2. The Bertz CT molecular complexity index is 1810. The average Bonchev–Trinajstić information content (AvgIpc) is 3.61. The molecule has 0 spiro atoms. The Kier molecular flexibility index (Phi) is 7.59. The van der Waals surface area contributed by atoms with E-state index < -0.39 is 9.85 Å². The third-order valence-corrected chi connectivity index (χ3v) is 5.98. The molecule has 0 atom stereocenters. The summed E-state index contributed by atoms with van der Waals surface area (Å²) in [5.74, 6) is 0.964.